The van der Waals surface area contributed by atoms with Crippen LogP contribution in [0.1, 0.15) is 20.2 Å². The summed E-state index contributed by atoms with van der Waals surface area (Å²) in [6.07, 6.45) is 1.34. The Morgan fingerprint density at radius 1 is 1.50 bits per heavy atom. The summed E-state index contributed by atoms with van der Waals surface area (Å²) in [7, 11) is 1.28. The number of rotatable bonds is 3. The average molecular weight is 331 g/mol. The zero-order chi connectivity index (χ0) is 13.1. The first kappa shape index (κ1) is 12.8. The van der Waals surface area contributed by atoms with Crippen LogP contribution in [-0.4, -0.2) is 24.0 Å². The van der Waals surface area contributed by atoms with E-state index in [0.717, 1.165) is 11.3 Å². The number of carbonyl (C=O) groups excluding carboxylic acids is 2. The van der Waals surface area contributed by atoms with E-state index in [9.17, 15) is 9.59 Å². The smallest absolute Gasteiger partial charge is 0.349 e. The van der Waals surface area contributed by atoms with Gasteiger partial charge in [-0.05, 0) is 28.1 Å². The van der Waals surface area contributed by atoms with Gasteiger partial charge >= 0.3 is 5.97 Å². The van der Waals surface area contributed by atoms with Gasteiger partial charge in [-0.15, -0.1) is 0 Å². The van der Waals surface area contributed by atoms with Crippen LogP contribution in [-0.2, 0) is 4.74 Å². The molecule has 0 atom stereocenters. The van der Waals surface area contributed by atoms with E-state index in [1.54, 1.807) is 6.07 Å². The van der Waals surface area contributed by atoms with Crippen LogP contribution >= 0.6 is 27.3 Å². The van der Waals surface area contributed by atoms with Gasteiger partial charge in [0.15, 0.2) is 15.6 Å². The number of nitrogens with zero attached hydrogens (tertiary/aromatic N) is 1. The number of aromatic nitrogens is 1. The molecular weight excluding hydrogens is 324 g/mol. The predicted octanol–water partition coefficient (Wildman–Crippen LogP) is 2.54. The molecule has 0 spiro atoms. The number of nitrogens with one attached hydrogen (secondary N) is 1. The van der Waals surface area contributed by atoms with E-state index in [4.69, 9.17) is 4.42 Å². The number of esters is 1. The third-order valence-corrected chi connectivity index (χ3v) is 3.23. The van der Waals surface area contributed by atoms with Gasteiger partial charge in [0, 0.05) is 0 Å². The Morgan fingerprint density at radius 3 is 2.89 bits per heavy atom. The summed E-state index contributed by atoms with van der Waals surface area (Å²) in [6.45, 7) is 0. The van der Waals surface area contributed by atoms with Crippen molar-refractivity contribution in [3.63, 3.8) is 0 Å². The molecule has 2 rings (SSSR count). The number of furan rings is 1. The predicted molar refractivity (Wildman–Crippen MR) is 67.8 cm³/mol. The number of methoxy groups -OCH3 is 1. The zero-order valence-electron chi connectivity index (χ0n) is 9.10. The Morgan fingerprint density at radius 2 is 2.28 bits per heavy atom. The quantitative estimate of drug-likeness (QED) is 0.874. The number of anilines is 1. The first-order chi connectivity index (χ1) is 8.60. The van der Waals surface area contributed by atoms with Crippen molar-refractivity contribution in [2.24, 2.45) is 0 Å². The summed E-state index contributed by atoms with van der Waals surface area (Å²) in [5.41, 5.74) is 0. The van der Waals surface area contributed by atoms with E-state index in [1.807, 2.05) is 0 Å². The fraction of sp³-hybridized carbons (Fsp3) is 0.100. The highest BCUT2D eigenvalue weighted by Crippen LogP contribution is 2.20. The molecule has 0 unspecified atom stereocenters. The van der Waals surface area contributed by atoms with Gasteiger partial charge in [-0.2, -0.15) is 0 Å². The van der Waals surface area contributed by atoms with Gasteiger partial charge in [0.05, 0.1) is 13.3 Å². The molecule has 1 amide bonds. The molecule has 0 aliphatic heterocycles. The van der Waals surface area contributed by atoms with Crippen LogP contribution in [0.5, 0.6) is 0 Å². The van der Waals surface area contributed by atoms with E-state index in [-0.39, 0.29) is 5.76 Å². The normalized spacial score (nSPS) is 10.1. The van der Waals surface area contributed by atoms with Crippen molar-refractivity contribution in [2.75, 3.05) is 12.4 Å². The molecule has 0 bridgehead atoms. The first-order valence-corrected chi connectivity index (χ1v) is 6.32. The van der Waals surface area contributed by atoms with Gasteiger partial charge in [0.25, 0.3) is 5.91 Å². The molecule has 94 valence electrons. The van der Waals surface area contributed by atoms with Gasteiger partial charge < -0.3 is 9.15 Å². The maximum absolute atomic E-state index is 11.7. The molecule has 0 saturated carbocycles. The number of carbonyl (C=O) groups is 2. The molecule has 1 N–H and O–H groups in total. The van der Waals surface area contributed by atoms with Gasteiger partial charge in [-0.1, -0.05) is 11.3 Å². The van der Waals surface area contributed by atoms with Gasteiger partial charge in [-0.25, -0.2) is 9.78 Å². The molecule has 0 saturated heterocycles. The first-order valence-electron chi connectivity index (χ1n) is 4.71. The minimum absolute atomic E-state index is 0.150. The summed E-state index contributed by atoms with van der Waals surface area (Å²) in [5.74, 6) is -0.781. The summed E-state index contributed by atoms with van der Waals surface area (Å²) in [5, 5.41) is 2.82. The van der Waals surface area contributed by atoms with Crippen molar-refractivity contribution < 1.29 is 18.7 Å². The molecule has 0 aliphatic rings. The second-order valence-corrected chi connectivity index (χ2v) is 4.89. The van der Waals surface area contributed by atoms with Gasteiger partial charge in [-0.3, -0.25) is 10.1 Å². The van der Waals surface area contributed by atoms with Crippen LogP contribution in [0.3, 0.4) is 0 Å². The second kappa shape index (κ2) is 5.32. The number of thiazole rings is 1. The molecular formula is C10H7BrN2O4S. The van der Waals surface area contributed by atoms with E-state index in [0.29, 0.717) is 14.7 Å². The van der Waals surface area contributed by atoms with Crippen LogP contribution in [0.15, 0.2) is 27.4 Å². The van der Waals surface area contributed by atoms with Crippen molar-refractivity contribution in [3.8, 4) is 0 Å². The Labute approximate surface area is 114 Å². The lowest BCUT2D eigenvalue weighted by atomic mass is 10.4. The third kappa shape index (κ3) is 2.77. The largest absolute Gasteiger partial charge is 0.465 e. The van der Waals surface area contributed by atoms with Crippen LogP contribution in [0, 0.1) is 0 Å². The van der Waals surface area contributed by atoms with E-state index >= 15 is 0 Å². The van der Waals surface area contributed by atoms with Crippen LogP contribution in [0.25, 0.3) is 0 Å². The fourth-order valence-corrected chi connectivity index (χ4v) is 2.16. The van der Waals surface area contributed by atoms with E-state index in [2.05, 4.69) is 31.0 Å². The summed E-state index contributed by atoms with van der Waals surface area (Å²) in [4.78, 5) is 27.1. The molecule has 2 heterocycles. The maximum Gasteiger partial charge on any atom is 0.349 e. The minimum Gasteiger partial charge on any atom is -0.465 e. The molecule has 2 aromatic rings. The van der Waals surface area contributed by atoms with E-state index < -0.39 is 11.9 Å². The molecule has 2 aromatic heterocycles. The number of amides is 1. The Hall–Kier alpha value is -1.67. The Balaban J connectivity index is 2.08. The molecule has 0 radical (unpaired) electrons. The van der Waals surface area contributed by atoms with Crippen molar-refractivity contribution in [1.82, 2.24) is 4.98 Å². The van der Waals surface area contributed by atoms with Crippen LogP contribution in [0.2, 0.25) is 0 Å². The molecule has 0 aromatic carbocycles. The Bertz CT molecular complexity index is 592. The lowest BCUT2D eigenvalue weighted by Gasteiger charge is -1.96. The van der Waals surface area contributed by atoms with Crippen LogP contribution in [0.4, 0.5) is 5.13 Å². The maximum atomic E-state index is 11.7. The van der Waals surface area contributed by atoms with Crippen LogP contribution < -0.4 is 5.32 Å². The van der Waals surface area contributed by atoms with Crippen molar-refractivity contribution in [2.45, 2.75) is 0 Å². The van der Waals surface area contributed by atoms with Crippen molar-refractivity contribution >= 4 is 44.3 Å². The lowest BCUT2D eigenvalue weighted by Crippen LogP contribution is -2.10. The number of hydrogen-bond donors (Lipinski definition) is 1. The molecule has 0 fully saturated rings. The molecule has 18 heavy (non-hydrogen) atoms. The summed E-state index contributed by atoms with van der Waals surface area (Å²) in [6, 6.07) is 3.13. The summed E-state index contributed by atoms with van der Waals surface area (Å²) >= 11 is 4.12. The number of hydrogen-bond acceptors (Lipinski definition) is 6. The topological polar surface area (TPSA) is 81.4 Å². The van der Waals surface area contributed by atoms with Crippen molar-refractivity contribution in [3.05, 3.63) is 33.6 Å². The van der Waals surface area contributed by atoms with E-state index in [1.165, 1.54) is 19.4 Å². The number of ether oxygens (including phenoxy) is 1. The Kier molecular flexibility index (Phi) is 3.78. The molecule has 0 aliphatic carbocycles. The monoisotopic (exact) mass is 330 g/mol. The SMILES string of the molecule is COC(=O)c1cnc(NC(=O)c2ccc(Br)o2)s1. The van der Waals surface area contributed by atoms with Gasteiger partial charge in [0.2, 0.25) is 0 Å². The molecule has 8 heteroatoms. The number of halogens is 1. The standard InChI is InChI=1S/C10H7BrN2O4S/c1-16-9(15)6-4-12-10(18-6)13-8(14)5-2-3-7(11)17-5/h2-4H,1H3,(H,12,13,14). The average Bonchev–Trinajstić information content (AvgIpc) is 2.97. The highest BCUT2D eigenvalue weighted by Gasteiger charge is 2.15. The summed E-state index contributed by atoms with van der Waals surface area (Å²) < 4.78 is 10.1. The van der Waals surface area contributed by atoms with Gasteiger partial charge in [0.1, 0.15) is 4.88 Å². The zero-order valence-corrected chi connectivity index (χ0v) is 11.5. The minimum atomic E-state index is -0.492. The molecule has 6 nitrogen and oxygen atoms in total. The highest BCUT2D eigenvalue weighted by molar-refractivity contribution is 9.10. The highest BCUT2D eigenvalue weighted by atomic mass is 79.9. The lowest BCUT2D eigenvalue weighted by molar-refractivity contribution is 0.0606. The fourth-order valence-electron chi connectivity index (χ4n) is 1.12. The second-order valence-electron chi connectivity index (χ2n) is 3.08. The van der Waals surface area contributed by atoms with Crippen molar-refractivity contribution in [1.29, 1.82) is 0 Å². The third-order valence-electron chi connectivity index (χ3n) is 1.91.